The number of sulfonamides is 1. The number of aliphatic hydroxyl groups is 1. The standard InChI is InChI=1S/C15H16BrN5O5S/c1-8(22)12-7-21(19-17-12)15(24)18-27(25,26)14-6-13-10(5-11(14)16)3-4-20(13)9(2)23/h5-8,22H,3-4H2,1-2H3,(H,18,24). The fourth-order valence-electron chi connectivity index (χ4n) is 2.71. The van der Waals surface area contributed by atoms with Gasteiger partial charge in [0.2, 0.25) is 5.91 Å². The van der Waals surface area contributed by atoms with Crippen LogP contribution in [-0.2, 0) is 21.2 Å². The molecule has 2 N–H and O–H groups in total. The number of aromatic nitrogens is 3. The smallest absolute Gasteiger partial charge is 0.357 e. The third kappa shape index (κ3) is 3.73. The predicted octanol–water partition coefficient (Wildman–Crippen LogP) is 0.949. The van der Waals surface area contributed by atoms with Crippen molar-refractivity contribution in [3.8, 4) is 0 Å². The SMILES string of the molecule is CC(=O)N1CCc2cc(Br)c(S(=O)(=O)NC(=O)n3cc(C(C)O)nn3)cc21. The summed E-state index contributed by atoms with van der Waals surface area (Å²) in [4.78, 5) is 25.2. The van der Waals surface area contributed by atoms with Crippen molar-refractivity contribution in [3.63, 3.8) is 0 Å². The van der Waals surface area contributed by atoms with E-state index in [0.29, 0.717) is 23.3 Å². The minimum atomic E-state index is -4.26. The first-order chi connectivity index (χ1) is 12.6. The molecule has 1 aliphatic rings. The van der Waals surface area contributed by atoms with Crippen LogP contribution in [0.25, 0.3) is 0 Å². The number of nitrogens with zero attached hydrogens (tertiary/aromatic N) is 4. The van der Waals surface area contributed by atoms with Gasteiger partial charge in [-0.3, -0.25) is 4.79 Å². The van der Waals surface area contributed by atoms with E-state index in [0.717, 1.165) is 11.8 Å². The Morgan fingerprint density at radius 3 is 2.67 bits per heavy atom. The van der Waals surface area contributed by atoms with Crippen LogP contribution < -0.4 is 9.62 Å². The minimum absolute atomic E-state index is 0.123. The lowest BCUT2D eigenvalue weighted by atomic mass is 10.2. The van der Waals surface area contributed by atoms with Crippen LogP contribution in [0.3, 0.4) is 0 Å². The van der Waals surface area contributed by atoms with Gasteiger partial charge in [-0.15, -0.1) is 5.10 Å². The molecule has 0 fully saturated rings. The molecule has 0 bridgehead atoms. The topological polar surface area (TPSA) is 134 Å². The van der Waals surface area contributed by atoms with Crippen LogP contribution in [0.2, 0.25) is 0 Å². The van der Waals surface area contributed by atoms with E-state index in [9.17, 15) is 23.1 Å². The van der Waals surface area contributed by atoms with Gasteiger partial charge in [-0.1, -0.05) is 5.21 Å². The quantitative estimate of drug-likeness (QED) is 0.699. The number of fused-ring (bicyclic) bond motifs is 1. The van der Waals surface area contributed by atoms with Crippen molar-refractivity contribution in [2.75, 3.05) is 11.4 Å². The van der Waals surface area contributed by atoms with E-state index in [4.69, 9.17) is 0 Å². The molecule has 1 aromatic heterocycles. The molecule has 2 heterocycles. The molecule has 0 aliphatic carbocycles. The van der Waals surface area contributed by atoms with Gasteiger partial charge in [0.25, 0.3) is 10.0 Å². The number of aliphatic hydroxyl groups excluding tert-OH is 1. The van der Waals surface area contributed by atoms with Gasteiger partial charge in [0.1, 0.15) is 10.6 Å². The van der Waals surface area contributed by atoms with Gasteiger partial charge >= 0.3 is 6.03 Å². The van der Waals surface area contributed by atoms with Crippen molar-refractivity contribution >= 4 is 43.6 Å². The van der Waals surface area contributed by atoms with Crippen molar-refractivity contribution in [2.24, 2.45) is 0 Å². The molecule has 1 unspecified atom stereocenters. The number of benzene rings is 1. The summed E-state index contributed by atoms with van der Waals surface area (Å²) in [6.07, 6.45) is 0.790. The third-order valence-electron chi connectivity index (χ3n) is 4.07. The second-order valence-corrected chi connectivity index (χ2v) is 8.51. The molecule has 1 atom stereocenters. The second-order valence-electron chi connectivity index (χ2n) is 6.01. The zero-order valence-corrected chi connectivity index (χ0v) is 16.8. The second kappa shape index (κ2) is 7.02. The van der Waals surface area contributed by atoms with Crippen LogP contribution in [0, 0.1) is 0 Å². The van der Waals surface area contributed by atoms with Gasteiger partial charge in [0, 0.05) is 23.6 Å². The Morgan fingerprint density at radius 1 is 1.37 bits per heavy atom. The third-order valence-corrected chi connectivity index (χ3v) is 6.35. The first kappa shape index (κ1) is 19.5. The zero-order chi connectivity index (χ0) is 19.9. The monoisotopic (exact) mass is 457 g/mol. The molecule has 144 valence electrons. The van der Waals surface area contributed by atoms with Crippen molar-refractivity contribution in [3.05, 3.63) is 34.1 Å². The Bertz CT molecular complexity index is 1030. The molecule has 10 nitrogen and oxygen atoms in total. The normalized spacial score (nSPS) is 14.7. The van der Waals surface area contributed by atoms with Crippen LogP contribution in [0.4, 0.5) is 10.5 Å². The molecule has 1 aliphatic heterocycles. The maximum absolute atomic E-state index is 12.7. The lowest BCUT2D eigenvalue weighted by molar-refractivity contribution is -0.116. The number of rotatable bonds is 3. The van der Waals surface area contributed by atoms with E-state index >= 15 is 0 Å². The molecule has 0 saturated carbocycles. The number of anilines is 1. The summed E-state index contributed by atoms with van der Waals surface area (Å²) in [5, 5.41) is 16.5. The summed E-state index contributed by atoms with van der Waals surface area (Å²) >= 11 is 3.21. The van der Waals surface area contributed by atoms with Gasteiger partial charge < -0.3 is 10.0 Å². The van der Waals surface area contributed by atoms with Gasteiger partial charge in [0.05, 0.1) is 12.3 Å². The molecule has 1 aromatic carbocycles. The van der Waals surface area contributed by atoms with Crippen LogP contribution >= 0.6 is 15.9 Å². The fourth-order valence-corrected chi connectivity index (χ4v) is 4.75. The number of carbonyl (C=O) groups is 2. The lowest BCUT2D eigenvalue weighted by Gasteiger charge is -2.16. The van der Waals surface area contributed by atoms with Crippen molar-refractivity contribution in [1.82, 2.24) is 19.7 Å². The molecule has 0 radical (unpaired) electrons. The molecule has 0 saturated heterocycles. The summed E-state index contributed by atoms with van der Waals surface area (Å²) in [6.45, 7) is 3.30. The Labute approximate surface area is 163 Å². The number of nitrogens with one attached hydrogen (secondary N) is 1. The van der Waals surface area contributed by atoms with E-state index in [1.807, 2.05) is 4.72 Å². The van der Waals surface area contributed by atoms with E-state index < -0.39 is 22.2 Å². The largest absolute Gasteiger partial charge is 0.387 e. The lowest BCUT2D eigenvalue weighted by Crippen LogP contribution is -2.35. The van der Waals surface area contributed by atoms with Crippen LogP contribution in [0.5, 0.6) is 0 Å². The number of carbonyl (C=O) groups excluding carboxylic acids is 2. The highest BCUT2D eigenvalue weighted by molar-refractivity contribution is 9.10. The number of halogens is 1. The highest BCUT2D eigenvalue weighted by Gasteiger charge is 2.29. The molecule has 2 aromatic rings. The summed E-state index contributed by atoms with van der Waals surface area (Å²) in [6, 6.07) is 1.93. The Balaban J connectivity index is 1.92. The number of hydrogen-bond donors (Lipinski definition) is 2. The molecule has 3 rings (SSSR count). The molecule has 2 amide bonds. The molecule has 12 heteroatoms. The van der Waals surface area contributed by atoms with E-state index in [1.54, 1.807) is 6.07 Å². The van der Waals surface area contributed by atoms with E-state index in [2.05, 4.69) is 26.2 Å². The van der Waals surface area contributed by atoms with Crippen LogP contribution in [0.15, 0.2) is 27.7 Å². The Morgan fingerprint density at radius 2 is 2.07 bits per heavy atom. The molecule has 0 spiro atoms. The van der Waals surface area contributed by atoms with Crippen LogP contribution in [-0.4, -0.2) is 47.0 Å². The minimum Gasteiger partial charge on any atom is -0.387 e. The highest BCUT2D eigenvalue weighted by atomic mass is 79.9. The summed E-state index contributed by atoms with van der Waals surface area (Å²) in [5.74, 6) is -0.197. The van der Waals surface area contributed by atoms with Gasteiger partial charge in [-0.2, -0.15) is 4.68 Å². The molecular formula is C15H16BrN5O5S. The predicted molar refractivity (Wildman–Crippen MR) is 97.6 cm³/mol. The summed E-state index contributed by atoms with van der Waals surface area (Å²) < 4.78 is 28.2. The first-order valence-electron chi connectivity index (χ1n) is 7.88. The van der Waals surface area contributed by atoms with Gasteiger partial charge in [-0.05, 0) is 47.0 Å². The van der Waals surface area contributed by atoms with E-state index in [-0.39, 0.29) is 21.0 Å². The average molecular weight is 458 g/mol. The first-order valence-corrected chi connectivity index (χ1v) is 10.2. The number of hydrogen-bond acceptors (Lipinski definition) is 7. The van der Waals surface area contributed by atoms with Gasteiger partial charge in [0.15, 0.2) is 0 Å². The molecule has 27 heavy (non-hydrogen) atoms. The van der Waals surface area contributed by atoms with Gasteiger partial charge in [-0.25, -0.2) is 17.9 Å². The maximum Gasteiger partial charge on any atom is 0.357 e. The van der Waals surface area contributed by atoms with Crippen LogP contribution in [0.1, 0.15) is 31.2 Å². The Hall–Kier alpha value is -2.31. The number of amides is 2. The molecular weight excluding hydrogens is 442 g/mol. The van der Waals surface area contributed by atoms with Crippen molar-refractivity contribution in [1.29, 1.82) is 0 Å². The average Bonchev–Trinajstić information content (AvgIpc) is 3.20. The summed E-state index contributed by atoms with van der Waals surface area (Å²) in [7, 11) is -4.26. The van der Waals surface area contributed by atoms with Crippen molar-refractivity contribution in [2.45, 2.75) is 31.3 Å². The Kier molecular flexibility index (Phi) is 5.06. The van der Waals surface area contributed by atoms with Crippen molar-refractivity contribution < 1.29 is 23.1 Å². The highest BCUT2D eigenvalue weighted by Crippen LogP contribution is 2.35. The van der Waals surface area contributed by atoms with E-state index in [1.165, 1.54) is 24.8 Å². The zero-order valence-electron chi connectivity index (χ0n) is 14.4. The maximum atomic E-state index is 12.7. The fraction of sp³-hybridized carbons (Fsp3) is 0.333. The summed E-state index contributed by atoms with van der Waals surface area (Å²) in [5.41, 5.74) is 1.45.